The third kappa shape index (κ3) is 5.86. The van der Waals surface area contributed by atoms with E-state index in [1.54, 1.807) is 0 Å². The number of hydrogen-bond donors (Lipinski definition) is 1. The molecule has 2 aliphatic carbocycles. The summed E-state index contributed by atoms with van der Waals surface area (Å²) in [7, 11) is 0. The van der Waals surface area contributed by atoms with Gasteiger partial charge in [0.25, 0.3) is 0 Å². The minimum atomic E-state index is 0.427. The summed E-state index contributed by atoms with van der Waals surface area (Å²) in [5.74, 6) is 0.854. The lowest BCUT2D eigenvalue weighted by Crippen LogP contribution is -2.13. The van der Waals surface area contributed by atoms with Crippen LogP contribution in [0.25, 0.3) is 0 Å². The maximum atomic E-state index is 3.56. The zero-order valence-electron chi connectivity index (χ0n) is 18.5. The summed E-state index contributed by atoms with van der Waals surface area (Å²) >= 11 is 0. The van der Waals surface area contributed by atoms with E-state index in [9.17, 15) is 0 Å². The van der Waals surface area contributed by atoms with Crippen molar-refractivity contribution >= 4 is 0 Å². The van der Waals surface area contributed by atoms with Crippen molar-refractivity contribution in [3.63, 3.8) is 0 Å². The van der Waals surface area contributed by atoms with Gasteiger partial charge in [0.15, 0.2) is 0 Å². The lowest BCUT2D eigenvalue weighted by atomic mass is 9.95. The molecule has 2 aromatic rings. The summed E-state index contributed by atoms with van der Waals surface area (Å²) in [6.45, 7) is 4.52. The van der Waals surface area contributed by atoms with Crippen LogP contribution in [0.4, 0.5) is 0 Å². The second-order valence-electron chi connectivity index (χ2n) is 8.40. The predicted molar refractivity (Wildman–Crippen MR) is 133 cm³/mol. The Morgan fingerprint density at radius 3 is 1.39 bits per heavy atom. The predicted octanol–water partition coefficient (Wildman–Crippen LogP) is 7.72. The van der Waals surface area contributed by atoms with Crippen LogP contribution in [0.1, 0.15) is 49.7 Å². The van der Waals surface area contributed by atoms with Gasteiger partial charge in [-0.05, 0) is 59.1 Å². The largest absolute Gasteiger partial charge is 0.356 e. The summed E-state index contributed by atoms with van der Waals surface area (Å²) in [6, 6.07) is 21.4. The first-order chi connectivity index (χ1) is 15.2. The molecule has 0 fully saturated rings. The Hall–Kier alpha value is -3.32. The zero-order chi connectivity index (χ0) is 21.5. The maximum absolute atomic E-state index is 3.56. The van der Waals surface area contributed by atoms with E-state index in [-0.39, 0.29) is 0 Å². The monoisotopic (exact) mass is 405 g/mol. The molecule has 0 saturated carbocycles. The van der Waals surface area contributed by atoms with E-state index in [1.165, 1.54) is 33.7 Å². The molecule has 2 aliphatic rings. The minimum absolute atomic E-state index is 0.427. The second kappa shape index (κ2) is 10.1. The van der Waals surface area contributed by atoms with Crippen LogP contribution in [-0.4, -0.2) is 0 Å². The quantitative estimate of drug-likeness (QED) is 0.518. The molecule has 156 valence electrons. The number of allylic oxidation sites excluding steroid dienone is 10. The molecule has 4 rings (SSSR count). The summed E-state index contributed by atoms with van der Waals surface area (Å²) < 4.78 is 0. The number of hydrogen-bond acceptors (Lipinski definition) is 1. The summed E-state index contributed by atoms with van der Waals surface area (Å²) in [5, 5.41) is 3.56. The van der Waals surface area contributed by atoms with Gasteiger partial charge in [-0.1, -0.05) is 111 Å². The second-order valence-corrected chi connectivity index (χ2v) is 8.40. The van der Waals surface area contributed by atoms with Gasteiger partial charge in [0.2, 0.25) is 0 Å². The van der Waals surface area contributed by atoms with E-state index in [0.29, 0.717) is 11.8 Å². The molecule has 31 heavy (non-hydrogen) atoms. The van der Waals surface area contributed by atoms with Gasteiger partial charge in [0.1, 0.15) is 0 Å². The Kier molecular flexibility index (Phi) is 6.84. The van der Waals surface area contributed by atoms with Crippen molar-refractivity contribution in [2.24, 2.45) is 0 Å². The minimum Gasteiger partial charge on any atom is -0.356 e. The number of rotatable bonds is 6. The zero-order valence-corrected chi connectivity index (χ0v) is 18.5. The van der Waals surface area contributed by atoms with Crippen molar-refractivity contribution in [1.29, 1.82) is 0 Å². The molecule has 0 aromatic heterocycles. The molecule has 2 atom stereocenters. The Balaban J connectivity index is 1.31. The normalized spacial score (nSPS) is 20.3. The molecule has 2 unspecified atom stereocenters. The molecule has 1 nitrogen and oxygen atoms in total. The van der Waals surface area contributed by atoms with Crippen LogP contribution in [0.3, 0.4) is 0 Å². The Labute approximate surface area is 186 Å². The van der Waals surface area contributed by atoms with Gasteiger partial charge in [-0.25, -0.2) is 0 Å². The third-order valence-electron chi connectivity index (χ3n) is 5.94. The fourth-order valence-corrected chi connectivity index (χ4v) is 4.07. The van der Waals surface area contributed by atoms with Crippen LogP contribution >= 0.6 is 0 Å². The SMILES string of the molecule is CC(C=C1C=CC(NC2=CCC(=CC(C)c3ccccc3)C=C2)=CC1)c1ccccc1. The van der Waals surface area contributed by atoms with E-state index < -0.39 is 0 Å². The molecule has 0 aliphatic heterocycles. The maximum Gasteiger partial charge on any atom is 0.0347 e. The molecule has 0 bridgehead atoms. The molecule has 0 saturated heterocycles. The van der Waals surface area contributed by atoms with Gasteiger partial charge >= 0.3 is 0 Å². The molecule has 0 spiro atoms. The van der Waals surface area contributed by atoms with E-state index in [4.69, 9.17) is 0 Å². The van der Waals surface area contributed by atoms with Gasteiger partial charge in [-0.15, -0.1) is 0 Å². The molecular formula is C30H31N. The lowest BCUT2D eigenvalue weighted by molar-refractivity contribution is 0.934. The molecule has 0 radical (unpaired) electrons. The summed E-state index contributed by atoms with van der Waals surface area (Å²) in [6.07, 6.45) is 20.1. The highest BCUT2D eigenvalue weighted by molar-refractivity contribution is 5.42. The molecule has 2 aromatic carbocycles. The van der Waals surface area contributed by atoms with Gasteiger partial charge in [-0.2, -0.15) is 0 Å². The highest BCUT2D eigenvalue weighted by Gasteiger charge is 2.09. The third-order valence-corrected chi connectivity index (χ3v) is 5.94. The average Bonchev–Trinajstić information content (AvgIpc) is 2.82. The van der Waals surface area contributed by atoms with Crippen molar-refractivity contribution in [2.75, 3.05) is 0 Å². The first-order valence-electron chi connectivity index (χ1n) is 11.2. The molecular weight excluding hydrogens is 374 g/mol. The summed E-state index contributed by atoms with van der Waals surface area (Å²) in [4.78, 5) is 0. The van der Waals surface area contributed by atoms with Crippen LogP contribution in [0.5, 0.6) is 0 Å². The summed E-state index contributed by atoms with van der Waals surface area (Å²) in [5.41, 5.74) is 7.81. The average molecular weight is 406 g/mol. The van der Waals surface area contributed by atoms with Crippen LogP contribution in [-0.2, 0) is 0 Å². The molecule has 1 N–H and O–H groups in total. The standard InChI is InChI=1S/C30H31N/c1-23(27-9-5-3-6-10-27)21-25-13-17-29(18-14-25)31-30-19-15-26(16-20-30)22-24(2)28-11-7-4-8-12-28/h3-13,15,17-24,31H,14,16H2,1-2H3. The fraction of sp³-hybridized carbons (Fsp3) is 0.200. The van der Waals surface area contributed by atoms with E-state index >= 15 is 0 Å². The van der Waals surface area contributed by atoms with Gasteiger partial charge < -0.3 is 5.32 Å². The van der Waals surface area contributed by atoms with Crippen molar-refractivity contribution in [1.82, 2.24) is 5.32 Å². The van der Waals surface area contributed by atoms with Crippen molar-refractivity contribution in [3.05, 3.63) is 143 Å². The lowest BCUT2D eigenvalue weighted by Gasteiger charge is -2.17. The van der Waals surface area contributed by atoms with Crippen molar-refractivity contribution in [3.8, 4) is 0 Å². The first-order valence-corrected chi connectivity index (χ1v) is 11.2. The van der Waals surface area contributed by atoms with Crippen molar-refractivity contribution < 1.29 is 0 Å². The van der Waals surface area contributed by atoms with E-state index in [1.807, 2.05) is 0 Å². The Bertz CT molecular complexity index is 974. The number of nitrogens with one attached hydrogen (secondary N) is 1. The highest BCUT2D eigenvalue weighted by atomic mass is 14.9. The van der Waals surface area contributed by atoms with Crippen LogP contribution in [0.15, 0.2) is 132 Å². The molecule has 0 heterocycles. The fourth-order valence-electron chi connectivity index (χ4n) is 4.07. The highest BCUT2D eigenvalue weighted by Crippen LogP contribution is 2.25. The number of benzene rings is 2. The van der Waals surface area contributed by atoms with E-state index in [0.717, 1.165) is 12.8 Å². The Morgan fingerprint density at radius 1 is 0.613 bits per heavy atom. The van der Waals surface area contributed by atoms with Crippen LogP contribution < -0.4 is 5.32 Å². The first kappa shape index (κ1) is 20.9. The van der Waals surface area contributed by atoms with Crippen molar-refractivity contribution in [2.45, 2.75) is 38.5 Å². The topological polar surface area (TPSA) is 12.0 Å². The van der Waals surface area contributed by atoms with Crippen LogP contribution in [0, 0.1) is 0 Å². The van der Waals surface area contributed by atoms with Gasteiger partial charge in [0.05, 0.1) is 0 Å². The van der Waals surface area contributed by atoms with Gasteiger partial charge in [0, 0.05) is 11.4 Å². The molecule has 1 heteroatoms. The van der Waals surface area contributed by atoms with Gasteiger partial charge in [-0.3, -0.25) is 0 Å². The van der Waals surface area contributed by atoms with E-state index in [2.05, 4.69) is 128 Å². The Morgan fingerprint density at radius 2 is 1.03 bits per heavy atom. The van der Waals surface area contributed by atoms with Crippen LogP contribution in [0.2, 0.25) is 0 Å². The molecule has 0 amide bonds. The smallest absolute Gasteiger partial charge is 0.0347 e.